The van der Waals surface area contributed by atoms with Crippen molar-refractivity contribution in [1.29, 1.82) is 5.41 Å². The number of hydroxylamine groups is 1. The average molecular weight is 527 g/mol. The lowest BCUT2D eigenvalue weighted by Gasteiger charge is -2.25. The molecule has 2 aromatic carbocycles. The summed E-state index contributed by atoms with van der Waals surface area (Å²) in [6.45, 7) is 2.06. The Labute approximate surface area is 211 Å². The lowest BCUT2D eigenvalue weighted by molar-refractivity contribution is 0.234. The largest absolute Gasteiger partial charge is 0.332 e. The summed E-state index contributed by atoms with van der Waals surface area (Å²) in [4.78, 5) is 20.0. The number of amidine groups is 1. The topological polar surface area (TPSA) is 144 Å². The van der Waals surface area contributed by atoms with Crippen molar-refractivity contribution in [3.8, 4) is 5.69 Å². The van der Waals surface area contributed by atoms with Crippen LogP contribution in [0.25, 0.3) is 16.9 Å². The van der Waals surface area contributed by atoms with Gasteiger partial charge < -0.3 is 4.98 Å². The highest BCUT2D eigenvalue weighted by molar-refractivity contribution is 7.92. The van der Waals surface area contributed by atoms with Crippen LogP contribution in [0.15, 0.2) is 58.2 Å². The first-order valence-electron chi connectivity index (χ1n) is 11.2. The van der Waals surface area contributed by atoms with Crippen LogP contribution < -0.4 is 15.5 Å². The molecule has 3 heterocycles. The van der Waals surface area contributed by atoms with Crippen molar-refractivity contribution in [1.82, 2.24) is 20.0 Å². The number of halogens is 1. The molecule has 36 heavy (non-hydrogen) atoms. The molecule has 0 unspecified atom stereocenters. The fraction of sp³-hybridized carbons (Fsp3) is 0.208. The molecule has 0 spiro atoms. The van der Waals surface area contributed by atoms with Crippen LogP contribution in [0, 0.1) is 12.3 Å². The first-order chi connectivity index (χ1) is 17.2. The second-order valence-corrected chi connectivity index (χ2v) is 10.8. The summed E-state index contributed by atoms with van der Waals surface area (Å²) in [6.07, 6.45) is 2.39. The van der Waals surface area contributed by atoms with Crippen molar-refractivity contribution >= 4 is 44.3 Å². The van der Waals surface area contributed by atoms with Gasteiger partial charge in [0.2, 0.25) is 0 Å². The molecule has 1 aliphatic rings. The fourth-order valence-corrected chi connectivity index (χ4v) is 6.26. The summed E-state index contributed by atoms with van der Waals surface area (Å²) in [5, 5.41) is 17.1. The summed E-state index contributed by atoms with van der Waals surface area (Å²) in [5.41, 5.74) is 4.16. The summed E-state index contributed by atoms with van der Waals surface area (Å²) in [5.74, 6) is -0.359. The third kappa shape index (κ3) is 3.94. The number of nitrogens with one attached hydrogen (secondary N) is 3. The number of imidazole rings is 1. The Morgan fingerprint density at radius 1 is 1.17 bits per heavy atom. The van der Waals surface area contributed by atoms with Gasteiger partial charge in [-0.2, -0.15) is 0 Å². The van der Waals surface area contributed by atoms with Gasteiger partial charge in [-0.15, -0.1) is 0 Å². The van der Waals surface area contributed by atoms with E-state index in [2.05, 4.69) is 9.97 Å². The minimum absolute atomic E-state index is 0.0162. The van der Waals surface area contributed by atoms with Gasteiger partial charge in [0.1, 0.15) is 5.69 Å². The molecule has 186 valence electrons. The standard InChI is InChI=1S/C24H23ClN6O4S/c1-14-12-18(22(26)29-33)27-23-21(14)28-24(32)31(23)20-13-16(9-10-17(20)25)36(34,35)30-11-5-4-7-15-6-2-3-8-19(15)30/h2-3,6,8-10,12-13,33H,4-5,7,11H2,1H3,(H2,26,29)(H,28,32). The predicted octanol–water partition coefficient (Wildman–Crippen LogP) is 3.51. The van der Waals surface area contributed by atoms with Crippen LogP contribution in [0.2, 0.25) is 5.02 Å². The Morgan fingerprint density at radius 2 is 1.94 bits per heavy atom. The zero-order valence-electron chi connectivity index (χ0n) is 19.2. The van der Waals surface area contributed by atoms with Crippen molar-refractivity contribution in [3.05, 3.63) is 80.9 Å². The normalized spacial score (nSPS) is 13.9. The van der Waals surface area contributed by atoms with E-state index >= 15 is 0 Å². The Morgan fingerprint density at radius 3 is 2.72 bits per heavy atom. The maximum Gasteiger partial charge on any atom is 0.332 e. The molecule has 0 radical (unpaired) electrons. The average Bonchev–Trinajstić information content (AvgIpc) is 3.05. The van der Waals surface area contributed by atoms with Crippen molar-refractivity contribution < 1.29 is 13.6 Å². The highest BCUT2D eigenvalue weighted by Gasteiger charge is 2.29. The number of nitrogens with zero attached hydrogens (tertiary/aromatic N) is 3. The molecule has 0 atom stereocenters. The Hall–Kier alpha value is -3.67. The van der Waals surface area contributed by atoms with Crippen LogP contribution in [0.3, 0.4) is 0 Å². The van der Waals surface area contributed by atoms with Gasteiger partial charge >= 0.3 is 5.69 Å². The van der Waals surface area contributed by atoms with E-state index in [4.69, 9.17) is 22.2 Å². The fourth-order valence-electron chi connectivity index (χ4n) is 4.50. The third-order valence-electron chi connectivity index (χ3n) is 6.28. The summed E-state index contributed by atoms with van der Waals surface area (Å²) < 4.78 is 30.2. The molecule has 5 rings (SSSR count). The Kier molecular flexibility index (Phi) is 6.07. The SMILES string of the molecule is Cc1cc(C(=N)NO)nc2c1[nH]c(=O)n2-c1cc(S(=O)(=O)N2CCCCc3ccccc32)ccc1Cl. The van der Waals surface area contributed by atoms with E-state index < -0.39 is 15.7 Å². The second-order valence-electron chi connectivity index (χ2n) is 8.55. The molecular formula is C24H23ClN6O4S. The Bertz CT molecular complexity index is 1680. The molecule has 0 saturated carbocycles. The molecule has 0 saturated heterocycles. The van der Waals surface area contributed by atoms with E-state index in [-0.39, 0.29) is 32.8 Å². The summed E-state index contributed by atoms with van der Waals surface area (Å²) >= 11 is 6.47. The van der Waals surface area contributed by atoms with Crippen molar-refractivity contribution in [2.24, 2.45) is 0 Å². The van der Waals surface area contributed by atoms with Crippen molar-refractivity contribution in [2.45, 2.75) is 31.1 Å². The van der Waals surface area contributed by atoms with Crippen LogP contribution in [0.4, 0.5) is 5.69 Å². The van der Waals surface area contributed by atoms with Crippen molar-refractivity contribution in [2.75, 3.05) is 10.8 Å². The highest BCUT2D eigenvalue weighted by atomic mass is 35.5. The number of hydrogen-bond donors (Lipinski definition) is 4. The number of aromatic amines is 1. The summed E-state index contributed by atoms with van der Waals surface area (Å²) in [7, 11) is -3.98. The predicted molar refractivity (Wildman–Crippen MR) is 137 cm³/mol. The number of sulfonamides is 1. The minimum atomic E-state index is -3.98. The van der Waals surface area contributed by atoms with Gasteiger partial charge in [0, 0.05) is 6.54 Å². The molecule has 12 heteroatoms. The molecule has 4 N–H and O–H groups in total. The number of fused-ring (bicyclic) bond motifs is 2. The van der Waals surface area contributed by atoms with Crippen LogP contribution in [0.5, 0.6) is 0 Å². The number of benzene rings is 2. The van der Waals surface area contributed by atoms with Gasteiger partial charge in [0.25, 0.3) is 10.0 Å². The molecule has 2 aromatic heterocycles. The van der Waals surface area contributed by atoms with Gasteiger partial charge in [-0.3, -0.25) is 20.4 Å². The molecule has 0 amide bonds. The van der Waals surface area contributed by atoms with Gasteiger partial charge in [-0.1, -0.05) is 29.8 Å². The van der Waals surface area contributed by atoms with Gasteiger partial charge in [0.05, 0.1) is 26.8 Å². The molecule has 4 aromatic rings. The Balaban J connectivity index is 1.69. The number of aromatic nitrogens is 3. The van der Waals surface area contributed by atoms with E-state index in [0.717, 1.165) is 18.4 Å². The lowest BCUT2D eigenvalue weighted by atomic mass is 10.1. The van der Waals surface area contributed by atoms with E-state index in [0.29, 0.717) is 29.7 Å². The first-order valence-corrected chi connectivity index (χ1v) is 13.1. The highest BCUT2D eigenvalue weighted by Crippen LogP contribution is 2.33. The van der Waals surface area contributed by atoms with Crippen LogP contribution in [-0.2, 0) is 16.4 Å². The van der Waals surface area contributed by atoms with E-state index in [9.17, 15) is 13.2 Å². The quantitative estimate of drug-likeness (QED) is 0.182. The number of para-hydroxylation sites is 1. The maximum atomic E-state index is 13.8. The van der Waals surface area contributed by atoms with Gasteiger partial charge in [0.15, 0.2) is 11.5 Å². The van der Waals surface area contributed by atoms with Crippen LogP contribution >= 0.6 is 11.6 Å². The van der Waals surface area contributed by atoms with Crippen LogP contribution in [-0.4, -0.2) is 40.5 Å². The first kappa shape index (κ1) is 24.0. The lowest BCUT2D eigenvalue weighted by Crippen LogP contribution is -2.32. The number of anilines is 1. The molecule has 10 nitrogen and oxygen atoms in total. The van der Waals surface area contributed by atoms with E-state index in [1.807, 2.05) is 18.2 Å². The van der Waals surface area contributed by atoms with E-state index in [1.54, 1.807) is 18.5 Å². The zero-order chi connectivity index (χ0) is 25.6. The minimum Gasteiger partial charge on any atom is -0.304 e. The van der Waals surface area contributed by atoms with Crippen LogP contribution in [0.1, 0.15) is 29.7 Å². The number of rotatable bonds is 4. The molecular weight excluding hydrogens is 504 g/mol. The molecule has 0 aliphatic carbocycles. The zero-order valence-corrected chi connectivity index (χ0v) is 20.8. The van der Waals surface area contributed by atoms with Crippen molar-refractivity contribution in [3.63, 3.8) is 0 Å². The second kappa shape index (κ2) is 9.08. The van der Waals surface area contributed by atoms with E-state index in [1.165, 1.54) is 33.1 Å². The number of pyridine rings is 1. The van der Waals surface area contributed by atoms with Gasteiger partial charge in [-0.05, 0) is 67.6 Å². The number of H-pyrrole nitrogens is 1. The summed E-state index contributed by atoms with van der Waals surface area (Å²) in [6, 6.07) is 13.2. The van der Waals surface area contributed by atoms with Gasteiger partial charge in [-0.25, -0.2) is 22.8 Å². The maximum absolute atomic E-state index is 13.8. The molecule has 0 fully saturated rings. The molecule has 1 aliphatic heterocycles. The number of hydrogen-bond acceptors (Lipinski definition) is 6. The molecule has 0 bridgehead atoms. The monoisotopic (exact) mass is 526 g/mol. The third-order valence-corrected chi connectivity index (χ3v) is 8.41. The smallest absolute Gasteiger partial charge is 0.304 e. The number of aryl methyl sites for hydroxylation is 2.